The molecule has 6 aromatic carbocycles. The van der Waals surface area contributed by atoms with E-state index in [4.69, 9.17) is 8.83 Å². The topological polar surface area (TPSA) is 26.3 Å². The standard InChI is InChI=1S/C42H36O2/c1-41(2,3)29-13-7-25(8-14-29)27-11-17-33-37(23-27)43-35-21-19-32-31(39(33)35)20-22-36-40(32)34-18-12-28(24-38(34)44-36)26-9-15-30(16-10-26)42(4,5)6/h7-24H,1-6H3. The van der Waals surface area contributed by atoms with E-state index in [1.165, 1.54) is 33.0 Å². The van der Waals surface area contributed by atoms with E-state index in [2.05, 4.69) is 151 Å². The Bertz CT molecular complexity index is 2190. The van der Waals surface area contributed by atoms with E-state index >= 15 is 0 Å². The largest absolute Gasteiger partial charge is 0.456 e. The maximum absolute atomic E-state index is 6.45. The summed E-state index contributed by atoms with van der Waals surface area (Å²) in [5.41, 5.74) is 11.3. The van der Waals surface area contributed by atoms with Crippen molar-refractivity contribution in [2.45, 2.75) is 52.4 Å². The average molecular weight is 573 g/mol. The molecule has 216 valence electrons. The maximum atomic E-state index is 6.45. The Morgan fingerprint density at radius 1 is 0.341 bits per heavy atom. The van der Waals surface area contributed by atoms with Crippen LogP contribution in [0.4, 0.5) is 0 Å². The van der Waals surface area contributed by atoms with Crippen LogP contribution in [0.25, 0.3) is 76.9 Å². The number of benzene rings is 6. The van der Waals surface area contributed by atoms with Crippen molar-refractivity contribution in [3.63, 3.8) is 0 Å². The summed E-state index contributed by atoms with van der Waals surface area (Å²) in [6.07, 6.45) is 0. The fourth-order valence-corrected chi connectivity index (χ4v) is 6.64. The molecule has 2 heterocycles. The Labute approximate surface area is 257 Å². The molecule has 0 radical (unpaired) electrons. The lowest BCUT2D eigenvalue weighted by Gasteiger charge is -2.19. The summed E-state index contributed by atoms with van der Waals surface area (Å²) < 4.78 is 12.9. The molecule has 2 heteroatoms. The van der Waals surface area contributed by atoms with Gasteiger partial charge in [-0.2, -0.15) is 0 Å². The van der Waals surface area contributed by atoms with Crippen molar-refractivity contribution in [3.05, 3.63) is 120 Å². The number of furan rings is 2. The van der Waals surface area contributed by atoms with Gasteiger partial charge in [0, 0.05) is 21.5 Å². The third-order valence-electron chi connectivity index (χ3n) is 9.23. The van der Waals surface area contributed by atoms with E-state index in [1.54, 1.807) is 0 Å². The van der Waals surface area contributed by atoms with E-state index in [-0.39, 0.29) is 10.8 Å². The molecule has 0 spiro atoms. The fraction of sp³-hybridized carbons (Fsp3) is 0.190. The predicted molar refractivity (Wildman–Crippen MR) is 187 cm³/mol. The van der Waals surface area contributed by atoms with E-state index in [0.717, 1.165) is 55.0 Å². The summed E-state index contributed by atoms with van der Waals surface area (Å²) in [6.45, 7) is 13.5. The zero-order valence-corrected chi connectivity index (χ0v) is 26.2. The van der Waals surface area contributed by atoms with Crippen molar-refractivity contribution in [2.75, 3.05) is 0 Å². The molecule has 0 N–H and O–H groups in total. The molecule has 0 saturated carbocycles. The van der Waals surface area contributed by atoms with Gasteiger partial charge in [0.2, 0.25) is 0 Å². The lowest BCUT2D eigenvalue weighted by molar-refractivity contribution is 0.590. The predicted octanol–water partition coefficient (Wildman–Crippen LogP) is 12.6. The van der Waals surface area contributed by atoms with E-state index < -0.39 is 0 Å². The van der Waals surface area contributed by atoms with Crippen LogP contribution in [0.15, 0.2) is 118 Å². The van der Waals surface area contributed by atoms with Gasteiger partial charge in [0.25, 0.3) is 0 Å². The highest BCUT2D eigenvalue weighted by atomic mass is 16.3. The minimum atomic E-state index is 0.134. The van der Waals surface area contributed by atoms with Gasteiger partial charge in [0.15, 0.2) is 0 Å². The van der Waals surface area contributed by atoms with Gasteiger partial charge in [-0.15, -0.1) is 0 Å². The van der Waals surface area contributed by atoms with Crippen LogP contribution < -0.4 is 0 Å². The molecule has 0 aliphatic rings. The van der Waals surface area contributed by atoms with Crippen LogP contribution in [0.2, 0.25) is 0 Å². The monoisotopic (exact) mass is 572 g/mol. The minimum absolute atomic E-state index is 0.134. The molecule has 0 unspecified atom stereocenters. The third kappa shape index (κ3) is 4.24. The zero-order chi connectivity index (χ0) is 30.4. The Kier molecular flexibility index (Phi) is 5.68. The summed E-state index contributed by atoms with van der Waals surface area (Å²) in [6, 6.07) is 39.6. The first-order valence-electron chi connectivity index (χ1n) is 15.5. The number of hydrogen-bond acceptors (Lipinski definition) is 2. The molecule has 0 amide bonds. The summed E-state index contributed by atoms with van der Waals surface area (Å²) >= 11 is 0. The first-order chi connectivity index (χ1) is 21.0. The quantitative estimate of drug-likeness (QED) is 0.206. The molecule has 0 aliphatic carbocycles. The highest BCUT2D eigenvalue weighted by molar-refractivity contribution is 6.27. The molecule has 8 rings (SSSR count). The maximum Gasteiger partial charge on any atom is 0.136 e. The lowest BCUT2D eigenvalue weighted by atomic mass is 9.86. The Morgan fingerprint density at radius 2 is 0.682 bits per heavy atom. The summed E-state index contributed by atoms with van der Waals surface area (Å²) in [5, 5.41) is 6.93. The molecule has 0 bridgehead atoms. The van der Waals surface area contributed by atoms with Crippen molar-refractivity contribution < 1.29 is 8.83 Å². The fourth-order valence-electron chi connectivity index (χ4n) is 6.64. The van der Waals surface area contributed by atoms with Crippen LogP contribution in [-0.4, -0.2) is 0 Å². The van der Waals surface area contributed by atoms with Gasteiger partial charge in [0.1, 0.15) is 22.3 Å². The van der Waals surface area contributed by atoms with Crippen molar-refractivity contribution >= 4 is 54.6 Å². The minimum Gasteiger partial charge on any atom is -0.456 e. The van der Waals surface area contributed by atoms with Gasteiger partial charge < -0.3 is 8.83 Å². The molecular formula is C42H36O2. The van der Waals surface area contributed by atoms with Crippen molar-refractivity contribution in [1.29, 1.82) is 0 Å². The highest BCUT2D eigenvalue weighted by Gasteiger charge is 2.18. The van der Waals surface area contributed by atoms with Crippen LogP contribution in [0, 0.1) is 0 Å². The summed E-state index contributed by atoms with van der Waals surface area (Å²) in [5.74, 6) is 0. The molecule has 0 aliphatic heterocycles. The van der Waals surface area contributed by atoms with Gasteiger partial charge in [-0.25, -0.2) is 0 Å². The van der Waals surface area contributed by atoms with Crippen LogP contribution in [0.1, 0.15) is 52.7 Å². The van der Waals surface area contributed by atoms with E-state index in [0.29, 0.717) is 0 Å². The number of rotatable bonds is 2. The smallest absolute Gasteiger partial charge is 0.136 e. The second-order valence-electron chi connectivity index (χ2n) is 14.3. The third-order valence-corrected chi connectivity index (χ3v) is 9.23. The molecule has 0 fully saturated rings. The van der Waals surface area contributed by atoms with Crippen LogP contribution >= 0.6 is 0 Å². The van der Waals surface area contributed by atoms with Crippen molar-refractivity contribution in [2.24, 2.45) is 0 Å². The molecule has 44 heavy (non-hydrogen) atoms. The Hall–Kier alpha value is -4.82. The zero-order valence-electron chi connectivity index (χ0n) is 26.2. The number of hydrogen-bond donors (Lipinski definition) is 0. The van der Waals surface area contributed by atoms with Gasteiger partial charge >= 0.3 is 0 Å². The molecule has 2 aromatic heterocycles. The van der Waals surface area contributed by atoms with Crippen molar-refractivity contribution in [1.82, 2.24) is 0 Å². The summed E-state index contributed by atoms with van der Waals surface area (Å²) in [4.78, 5) is 0. The lowest BCUT2D eigenvalue weighted by Crippen LogP contribution is -2.10. The first-order valence-corrected chi connectivity index (χ1v) is 15.5. The first kappa shape index (κ1) is 26.8. The second kappa shape index (κ2) is 9.34. The summed E-state index contributed by atoms with van der Waals surface area (Å²) in [7, 11) is 0. The average Bonchev–Trinajstić information content (AvgIpc) is 3.58. The van der Waals surface area contributed by atoms with E-state index in [1.807, 2.05) is 0 Å². The van der Waals surface area contributed by atoms with Gasteiger partial charge in [0.05, 0.1) is 0 Å². The van der Waals surface area contributed by atoms with Crippen LogP contribution in [0.3, 0.4) is 0 Å². The Balaban J connectivity index is 1.24. The van der Waals surface area contributed by atoms with Gasteiger partial charge in [-0.1, -0.05) is 102 Å². The van der Waals surface area contributed by atoms with Crippen LogP contribution in [0.5, 0.6) is 0 Å². The molecule has 0 saturated heterocycles. The SMILES string of the molecule is CC(C)(C)c1ccc(-c2ccc3c(c2)oc2ccc4c(ccc5oc6cc(-c7ccc(C(C)(C)C)cc7)ccc6c54)c23)cc1. The number of fused-ring (bicyclic) bond motifs is 9. The van der Waals surface area contributed by atoms with Gasteiger partial charge in [-0.05, 0) is 104 Å². The molecular weight excluding hydrogens is 536 g/mol. The van der Waals surface area contributed by atoms with Gasteiger partial charge in [-0.3, -0.25) is 0 Å². The van der Waals surface area contributed by atoms with E-state index in [9.17, 15) is 0 Å². The van der Waals surface area contributed by atoms with Crippen molar-refractivity contribution in [3.8, 4) is 22.3 Å². The highest BCUT2D eigenvalue weighted by Crippen LogP contribution is 2.42. The second-order valence-corrected chi connectivity index (χ2v) is 14.3. The molecule has 0 atom stereocenters. The Morgan fingerprint density at radius 3 is 1.05 bits per heavy atom. The normalized spacial score (nSPS) is 12.8. The van der Waals surface area contributed by atoms with Crippen LogP contribution in [-0.2, 0) is 10.8 Å². The molecule has 2 nitrogen and oxygen atoms in total. The molecule has 8 aromatic rings.